The van der Waals surface area contributed by atoms with Gasteiger partial charge in [0.25, 0.3) is 5.91 Å². The molecule has 2 heterocycles. The minimum atomic E-state index is -0.175. The monoisotopic (exact) mass is 306 g/mol. The predicted octanol–water partition coefficient (Wildman–Crippen LogP) is 3.52. The zero-order valence-electron chi connectivity index (χ0n) is 12.5. The number of rotatable bonds is 2. The molecule has 0 saturated heterocycles. The highest BCUT2D eigenvalue weighted by Gasteiger charge is 2.16. The molecule has 5 heteroatoms. The summed E-state index contributed by atoms with van der Waals surface area (Å²) in [6.45, 7) is 2.09. The number of hydrogen-bond donors (Lipinski definition) is 1. The maximum atomic E-state index is 12.7. The molecule has 0 saturated carbocycles. The summed E-state index contributed by atoms with van der Waals surface area (Å²) in [5.74, 6) is 1.15. The van der Waals surface area contributed by atoms with E-state index in [4.69, 9.17) is 9.47 Å². The summed E-state index contributed by atoms with van der Waals surface area (Å²) >= 11 is 0. The van der Waals surface area contributed by atoms with Gasteiger partial charge in [0.2, 0.25) is 6.79 Å². The van der Waals surface area contributed by atoms with Crippen LogP contribution in [0.15, 0.2) is 48.5 Å². The Kier molecular flexibility index (Phi) is 3.12. The lowest BCUT2D eigenvalue weighted by Crippen LogP contribution is -2.13. The Labute approximate surface area is 132 Å². The number of nitrogens with zero attached hydrogens (tertiary/aromatic N) is 1. The molecule has 1 aliphatic rings. The van der Waals surface area contributed by atoms with Gasteiger partial charge in [0.1, 0.15) is 0 Å². The number of anilines is 1. The molecule has 1 N–H and O–H groups in total. The lowest BCUT2D eigenvalue weighted by molar-refractivity contribution is 0.102. The third-order valence-corrected chi connectivity index (χ3v) is 3.72. The fourth-order valence-electron chi connectivity index (χ4n) is 2.67. The molecule has 0 fully saturated rings. The molecule has 114 valence electrons. The van der Waals surface area contributed by atoms with Gasteiger partial charge in [0.05, 0.1) is 11.1 Å². The fourth-order valence-corrected chi connectivity index (χ4v) is 2.67. The first-order chi connectivity index (χ1) is 11.2. The van der Waals surface area contributed by atoms with Gasteiger partial charge < -0.3 is 14.8 Å². The van der Waals surface area contributed by atoms with E-state index in [-0.39, 0.29) is 12.7 Å². The van der Waals surface area contributed by atoms with E-state index in [1.807, 2.05) is 31.2 Å². The Hall–Kier alpha value is -3.08. The van der Waals surface area contributed by atoms with Crippen molar-refractivity contribution < 1.29 is 14.3 Å². The number of nitrogens with one attached hydrogen (secondary N) is 1. The van der Waals surface area contributed by atoms with Crippen molar-refractivity contribution in [3.05, 3.63) is 59.8 Å². The summed E-state index contributed by atoms with van der Waals surface area (Å²) < 4.78 is 10.6. The second-order valence-corrected chi connectivity index (χ2v) is 5.35. The number of fused-ring (bicyclic) bond motifs is 2. The van der Waals surface area contributed by atoms with Crippen molar-refractivity contribution in [2.45, 2.75) is 6.92 Å². The highest BCUT2D eigenvalue weighted by molar-refractivity contribution is 6.12. The fraction of sp³-hybridized carbons (Fsp3) is 0.111. The Morgan fingerprint density at radius 1 is 1.09 bits per heavy atom. The first kappa shape index (κ1) is 13.6. The van der Waals surface area contributed by atoms with Crippen LogP contribution >= 0.6 is 0 Å². The number of ether oxygens (including phenoxy) is 2. The summed E-state index contributed by atoms with van der Waals surface area (Å²) in [5, 5.41) is 3.73. The minimum absolute atomic E-state index is 0.175. The van der Waals surface area contributed by atoms with Gasteiger partial charge in [-0.2, -0.15) is 0 Å². The first-order valence-electron chi connectivity index (χ1n) is 7.28. The average Bonchev–Trinajstić information content (AvgIpc) is 3.01. The normalized spacial score (nSPS) is 12.4. The summed E-state index contributed by atoms with van der Waals surface area (Å²) in [6.07, 6.45) is 0. The van der Waals surface area contributed by atoms with Gasteiger partial charge in [-0.3, -0.25) is 9.78 Å². The molecule has 3 aromatic rings. The van der Waals surface area contributed by atoms with Crippen LogP contribution < -0.4 is 14.8 Å². The second-order valence-electron chi connectivity index (χ2n) is 5.35. The molecular formula is C18H14N2O3. The van der Waals surface area contributed by atoms with Crippen molar-refractivity contribution in [2.24, 2.45) is 0 Å². The largest absolute Gasteiger partial charge is 0.454 e. The van der Waals surface area contributed by atoms with Crippen LogP contribution in [0.5, 0.6) is 11.5 Å². The van der Waals surface area contributed by atoms with Gasteiger partial charge in [-0.15, -0.1) is 0 Å². The zero-order chi connectivity index (χ0) is 15.8. The highest BCUT2D eigenvalue weighted by Crippen LogP contribution is 2.34. The maximum absolute atomic E-state index is 12.7. The number of aryl methyl sites for hydroxylation is 1. The summed E-state index contributed by atoms with van der Waals surface area (Å²) in [6, 6.07) is 14.7. The molecule has 5 nitrogen and oxygen atoms in total. The molecule has 0 atom stereocenters. The van der Waals surface area contributed by atoms with Crippen LogP contribution in [0.4, 0.5) is 5.69 Å². The van der Waals surface area contributed by atoms with Crippen molar-refractivity contribution in [3.8, 4) is 11.5 Å². The molecule has 0 unspecified atom stereocenters. The molecule has 2 aromatic carbocycles. The standard InChI is InChI=1S/C18H14N2O3/c1-11-8-14(13-4-2-3-5-15(13)19-11)18(21)20-12-6-7-16-17(9-12)23-10-22-16/h2-9H,10H2,1H3,(H,20,21). The number of hydrogen-bond acceptors (Lipinski definition) is 4. The Morgan fingerprint density at radius 2 is 1.91 bits per heavy atom. The number of pyridine rings is 1. The molecule has 0 radical (unpaired) electrons. The van der Waals surface area contributed by atoms with Crippen LogP contribution in [0.25, 0.3) is 10.9 Å². The van der Waals surface area contributed by atoms with E-state index >= 15 is 0 Å². The highest BCUT2D eigenvalue weighted by atomic mass is 16.7. The summed E-state index contributed by atoms with van der Waals surface area (Å²) in [7, 11) is 0. The van der Waals surface area contributed by atoms with Crippen molar-refractivity contribution in [3.63, 3.8) is 0 Å². The van der Waals surface area contributed by atoms with E-state index in [0.29, 0.717) is 22.7 Å². The first-order valence-corrected chi connectivity index (χ1v) is 7.28. The second kappa shape index (κ2) is 5.28. The molecule has 0 bridgehead atoms. The van der Waals surface area contributed by atoms with Crippen LogP contribution in [0.2, 0.25) is 0 Å². The van der Waals surface area contributed by atoms with Crippen LogP contribution in [0.3, 0.4) is 0 Å². The Bertz CT molecular complexity index is 921. The lowest BCUT2D eigenvalue weighted by atomic mass is 10.1. The van der Waals surface area contributed by atoms with E-state index in [2.05, 4.69) is 10.3 Å². The van der Waals surface area contributed by atoms with Crippen LogP contribution in [0.1, 0.15) is 16.1 Å². The maximum Gasteiger partial charge on any atom is 0.256 e. The lowest BCUT2D eigenvalue weighted by Gasteiger charge is -2.09. The van der Waals surface area contributed by atoms with Crippen molar-refractivity contribution in [1.29, 1.82) is 0 Å². The molecule has 1 aromatic heterocycles. The van der Waals surface area contributed by atoms with E-state index < -0.39 is 0 Å². The SMILES string of the molecule is Cc1cc(C(=O)Nc2ccc3c(c2)OCO3)c2ccccc2n1. The van der Waals surface area contributed by atoms with E-state index in [0.717, 1.165) is 16.6 Å². The number of amides is 1. The van der Waals surface area contributed by atoms with Gasteiger partial charge in [-0.1, -0.05) is 18.2 Å². The molecule has 0 aliphatic carbocycles. The number of carbonyl (C=O) groups excluding carboxylic acids is 1. The van der Waals surface area contributed by atoms with Crippen molar-refractivity contribution in [1.82, 2.24) is 4.98 Å². The Morgan fingerprint density at radius 3 is 2.83 bits per heavy atom. The third kappa shape index (κ3) is 2.46. The van der Waals surface area contributed by atoms with Crippen molar-refractivity contribution in [2.75, 3.05) is 12.1 Å². The molecule has 1 amide bonds. The summed E-state index contributed by atoms with van der Waals surface area (Å²) in [4.78, 5) is 17.1. The van der Waals surface area contributed by atoms with Gasteiger partial charge in [0.15, 0.2) is 11.5 Å². The molecule has 4 rings (SSSR count). The van der Waals surface area contributed by atoms with Gasteiger partial charge in [-0.25, -0.2) is 0 Å². The topological polar surface area (TPSA) is 60.5 Å². The van der Waals surface area contributed by atoms with Gasteiger partial charge in [0, 0.05) is 22.8 Å². The van der Waals surface area contributed by atoms with Crippen LogP contribution in [-0.2, 0) is 0 Å². The average molecular weight is 306 g/mol. The molecule has 23 heavy (non-hydrogen) atoms. The van der Waals surface area contributed by atoms with Crippen LogP contribution in [0, 0.1) is 6.92 Å². The van der Waals surface area contributed by atoms with E-state index in [1.54, 1.807) is 24.3 Å². The minimum Gasteiger partial charge on any atom is -0.454 e. The molecule has 0 spiro atoms. The summed E-state index contributed by atoms with van der Waals surface area (Å²) in [5.41, 5.74) is 2.88. The van der Waals surface area contributed by atoms with E-state index in [9.17, 15) is 4.79 Å². The quantitative estimate of drug-likeness (QED) is 0.787. The number of aromatic nitrogens is 1. The molecule has 1 aliphatic heterocycles. The van der Waals surface area contributed by atoms with E-state index in [1.165, 1.54) is 0 Å². The smallest absolute Gasteiger partial charge is 0.256 e. The van der Waals surface area contributed by atoms with Crippen LogP contribution in [-0.4, -0.2) is 17.7 Å². The van der Waals surface area contributed by atoms with Gasteiger partial charge in [-0.05, 0) is 31.2 Å². The Balaban J connectivity index is 1.70. The third-order valence-electron chi connectivity index (χ3n) is 3.72. The number of carbonyl (C=O) groups is 1. The number of para-hydroxylation sites is 1. The molecular weight excluding hydrogens is 292 g/mol. The predicted molar refractivity (Wildman–Crippen MR) is 87.0 cm³/mol. The van der Waals surface area contributed by atoms with Crippen molar-refractivity contribution >= 4 is 22.5 Å². The number of benzene rings is 2. The zero-order valence-corrected chi connectivity index (χ0v) is 12.5. The van der Waals surface area contributed by atoms with Gasteiger partial charge >= 0.3 is 0 Å².